The monoisotopic (exact) mass is 239 g/mol. The standard InChI is InChI=1S/C10H12F3N.ClH/c1-7(6-14)8-2-4-9(5-3-8)10(11,12)13;/h2-5,7H,6,14H2,1H3;1H. The first-order valence-corrected chi connectivity index (χ1v) is 4.32. The number of halogens is 4. The van der Waals surface area contributed by atoms with E-state index in [0.717, 1.165) is 17.7 Å². The highest BCUT2D eigenvalue weighted by atomic mass is 35.5. The molecule has 0 aromatic heterocycles. The largest absolute Gasteiger partial charge is 0.416 e. The van der Waals surface area contributed by atoms with Crippen molar-refractivity contribution in [2.75, 3.05) is 6.54 Å². The number of hydrogen-bond acceptors (Lipinski definition) is 1. The molecule has 0 aliphatic heterocycles. The minimum absolute atomic E-state index is 0. The Balaban J connectivity index is 0.00000196. The van der Waals surface area contributed by atoms with E-state index in [-0.39, 0.29) is 18.3 Å². The summed E-state index contributed by atoms with van der Waals surface area (Å²) in [5.74, 6) is 0.0947. The molecule has 1 aromatic rings. The molecule has 1 aromatic carbocycles. The highest BCUT2D eigenvalue weighted by molar-refractivity contribution is 5.85. The SMILES string of the molecule is CC(CN)c1ccc(C(F)(F)F)cc1.Cl. The Morgan fingerprint density at radius 2 is 1.67 bits per heavy atom. The minimum atomic E-state index is -4.26. The molecule has 1 rings (SSSR count). The van der Waals surface area contributed by atoms with E-state index in [1.165, 1.54) is 12.1 Å². The van der Waals surface area contributed by atoms with Crippen LogP contribution in [0.5, 0.6) is 0 Å². The molecule has 0 amide bonds. The van der Waals surface area contributed by atoms with Gasteiger partial charge in [0, 0.05) is 0 Å². The van der Waals surface area contributed by atoms with E-state index in [2.05, 4.69) is 0 Å². The van der Waals surface area contributed by atoms with E-state index in [1.807, 2.05) is 6.92 Å². The van der Waals surface area contributed by atoms with Crippen molar-refractivity contribution in [1.29, 1.82) is 0 Å². The Hall–Kier alpha value is -0.740. The van der Waals surface area contributed by atoms with Gasteiger partial charge >= 0.3 is 6.18 Å². The van der Waals surface area contributed by atoms with Crippen LogP contribution in [0.15, 0.2) is 24.3 Å². The van der Waals surface area contributed by atoms with E-state index in [4.69, 9.17) is 5.73 Å². The fourth-order valence-electron chi connectivity index (χ4n) is 1.14. The van der Waals surface area contributed by atoms with Crippen molar-refractivity contribution in [3.63, 3.8) is 0 Å². The fourth-order valence-corrected chi connectivity index (χ4v) is 1.14. The topological polar surface area (TPSA) is 26.0 Å². The van der Waals surface area contributed by atoms with Gasteiger partial charge in [-0.15, -0.1) is 12.4 Å². The van der Waals surface area contributed by atoms with Gasteiger partial charge in [-0.1, -0.05) is 19.1 Å². The van der Waals surface area contributed by atoms with E-state index >= 15 is 0 Å². The van der Waals surface area contributed by atoms with Crippen LogP contribution in [0.4, 0.5) is 13.2 Å². The molecule has 0 saturated heterocycles. The molecule has 15 heavy (non-hydrogen) atoms. The smallest absolute Gasteiger partial charge is 0.330 e. The van der Waals surface area contributed by atoms with E-state index in [9.17, 15) is 13.2 Å². The number of benzene rings is 1. The molecule has 0 aliphatic carbocycles. The van der Waals surface area contributed by atoms with Gasteiger partial charge in [0.1, 0.15) is 0 Å². The second-order valence-corrected chi connectivity index (χ2v) is 3.26. The van der Waals surface area contributed by atoms with Gasteiger partial charge < -0.3 is 5.73 Å². The van der Waals surface area contributed by atoms with Gasteiger partial charge in [0.05, 0.1) is 5.56 Å². The summed E-state index contributed by atoms with van der Waals surface area (Å²) >= 11 is 0. The third-order valence-corrected chi connectivity index (χ3v) is 2.16. The van der Waals surface area contributed by atoms with Crippen LogP contribution in [0.1, 0.15) is 24.0 Å². The lowest BCUT2D eigenvalue weighted by Gasteiger charge is -2.11. The molecular formula is C10H13ClF3N. The van der Waals surface area contributed by atoms with Gasteiger partial charge in [0.15, 0.2) is 0 Å². The Morgan fingerprint density at radius 3 is 2.00 bits per heavy atom. The molecule has 2 N–H and O–H groups in total. The Morgan fingerprint density at radius 1 is 1.20 bits per heavy atom. The third kappa shape index (κ3) is 3.72. The number of rotatable bonds is 2. The summed E-state index contributed by atoms with van der Waals surface area (Å²) in [7, 11) is 0. The normalized spacial score (nSPS) is 13.1. The van der Waals surface area contributed by atoms with E-state index in [0.29, 0.717) is 6.54 Å². The van der Waals surface area contributed by atoms with E-state index < -0.39 is 11.7 Å². The molecular weight excluding hydrogens is 227 g/mol. The highest BCUT2D eigenvalue weighted by Gasteiger charge is 2.29. The lowest BCUT2D eigenvalue weighted by molar-refractivity contribution is -0.137. The maximum atomic E-state index is 12.2. The van der Waals surface area contributed by atoms with Crippen molar-refractivity contribution in [3.05, 3.63) is 35.4 Å². The first kappa shape index (κ1) is 14.3. The van der Waals surface area contributed by atoms with Crippen LogP contribution in [0.25, 0.3) is 0 Å². The van der Waals surface area contributed by atoms with Crippen LogP contribution in [-0.2, 0) is 6.18 Å². The van der Waals surface area contributed by atoms with Gasteiger partial charge in [-0.05, 0) is 30.2 Å². The summed E-state index contributed by atoms with van der Waals surface area (Å²) in [5, 5.41) is 0. The summed E-state index contributed by atoms with van der Waals surface area (Å²) in [6.07, 6.45) is -4.26. The van der Waals surface area contributed by atoms with Crippen LogP contribution >= 0.6 is 12.4 Å². The van der Waals surface area contributed by atoms with Crippen LogP contribution < -0.4 is 5.73 Å². The molecule has 1 atom stereocenters. The lowest BCUT2D eigenvalue weighted by atomic mass is 10.00. The van der Waals surface area contributed by atoms with Crippen LogP contribution in [0, 0.1) is 0 Å². The van der Waals surface area contributed by atoms with Crippen molar-refractivity contribution in [2.24, 2.45) is 5.73 Å². The van der Waals surface area contributed by atoms with Crippen molar-refractivity contribution in [3.8, 4) is 0 Å². The maximum absolute atomic E-state index is 12.2. The molecule has 0 radical (unpaired) electrons. The first-order valence-electron chi connectivity index (χ1n) is 4.32. The molecule has 86 valence electrons. The fraction of sp³-hybridized carbons (Fsp3) is 0.400. The predicted octanol–water partition coefficient (Wildman–Crippen LogP) is 3.19. The summed E-state index contributed by atoms with van der Waals surface area (Å²) in [6.45, 7) is 2.31. The van der Waals surface area contributed by atoms with Gasteiger partial charge in [-0.25, -0.2) is 0 Å². The zero-order chi connectivity index (χ0) is 10.8. The zero-order valence-corrected chi connectivity index (χ0v) is 9.03. The van der Waals surface area contributed by atoms with Crippen LogP contribution in [0.3, 0.4) is 0 Å². The zero-order valence-electron chi connectivity index (χ0n) is 8.21. The maximum Gasteiger partial charge on any atom is 0.416 e. The molecule has 0 heterocycles. The number of hydrogen-bond donors (Lipinski definition) is 1. The summed E-state index contributed by atoms with van der Waals surface area (Å²) < 4.78 is 36.5. The van der Waals surface area contributed by atoms with Gasteiger partial charge in [-0.3, -0.25) is 0 Å². The molecule has 0 bridgehead atoms. The second-order valence-electron chi connectivity index (χ2n) is 3.26. The molecule has 5 heteroatoms. The minimum Gasteiger partial charge on any atom is -0.330 e. The quantitative estimate of drug-likeness (QED) is 0.843. The van der Waals surface area contributed by atoms with Crippen LogP contribution in [-0.4, -0.2) is 6.54 Å². The third-order valence-electron chi connectivity index (χ3n) is 2.16. The van der Waals surface area contributed by atoms with Crippen molar-refractivity contribution < 1.29 is 13.2 Å². The van der Waals surface area contributed by atoms with Crippen LogP contribution in [0.2, 0.25) is 0 Å². The first-order chi connectivity index (χ1) is 6.45. The molecule has 0 saturated carbocycles. The number of nitrogens with two attached hydrogens (primary N) is 1. The average Bonchev–Trinajstić information content (AvgIpc) is 2.15. The second kappa shape index (κ2) is 5.37. The lowest BCUT2D eigenvalue weighted by Crippen LogP contribution is -2.10. The predicted molar refractivity (Wildman–Crippen MR) is 56.2 cm³/mol. The molecule has 1 nitrogen and oxygen atoms in total. The Bertz CT molecular complexity index is 295. The number of alkyl halides is 3. The van der Waals surface area contributed by atoms with Gasteiger partial charge in [0.25, 0.3) is 0 Å². The van der Waals surface area contributed by atoms with Crippen molar-refractivity contribution in [1.82, 2.24) is 0 Å². The molecule has 1 unspecified atom stereocenters. The van der Waals surface area contributed by atoms with Crippen molar-refractivity contribution in [2.45, 2.75) is 19.0 Å². The molecule has 0 aliphatic rings. The summed E-state index contributed by atoms with van der Waals surface area (Å²) in [6, 6.07) is 5.11. The Kier molecular flexibility index (Phi) is 5.11. The van der Waals surface area contributed by atoms with Gasteiger partial charge in [0.2, 0.25) is 0 Å². The van der Waals surface area contributed by atoms with E-state index in [1.54, 1.807) is 0 Å². The average molecular weight is 240 g/mol. The highest BCUT2D eigenvalue weighted by Crippen LogP contribution is 2.29. The summed E-state index contributed by atoms with van der Waals surface area (Å²) in [5.41, 5.74) is 5.62. The Labute approximate surface area is 92.9 Å². The van der Waals surface area contributed by atoms with Crippen molar-refractivity contribution >= 4 is 12.4 Å². The summed E-state index contributed by atoms with van der Waals surface area (Å²) in [4.78, 5) is 0. The molecule has 0 spiro atoms. The molecule has 0 fully saturated rings. The van der Waals surface area contributed by atoms with Gasteiger partial charge in [-0.2, -0.15) is 13.2 Å².